The number of rotatable bonds is 19. The molecule has 53 heavy (non-hydrogen) atoms. The molecule has 0 radical (unpaired) electrons. The smallest absolute Gasteiger partial charge is 0.271 e. The van der Waals surface area contributed by atoms with Crippen LogP contribution in [0.25, 0.3) is 10.4 Å². The van der Waals surface area contributed by atoms with Gasteiger partial charge in [0.1, 0.15) is 60.3 Å². The van der Waals surface area contributed by atoms with Crippen LogP contribution in [0.3, 0.4) is 0 Å². The summed E-state index contributed by atoms with van der Waals surface area (Å²) in [5.74, 6) is -0.545. The third-order valence-corrected chi connectivity index (χ3v) is 8.64. The van der Waals surface area contributed by atoms with Crippen molar-refractivity contribution in [3.05, 3.63) is 28.2 Å². The zero-order valence-corrected chi connectivity index (χ0v) is 29.1. The van der Waals surface area contributed by atoms with Gasteiger partial charge in [-0.3, -0.25) is 14.4 Å². The van der Waals surface area contributed by atoms with Gasteiger partial charge in [-0.2, -0.15) is 0 Å². The molecular weight excluding hydrogens is 712 g/mol. The van der Waals surface area contributed by atoms with E-state index in [2.05, 4.69) is 25.6 Å². The van der Waals surface area contributed by atoms with Crippen LogP contribution in [0.4, 0.5) is 0 Å². The highest BCUT2D eigenvalue weighted by atomic mass is 16.7. The Morgan fingerprint density at radius 1 is 0.981 bits per heavy atom. The normalized spacial score (nSPS) is 29.9. The zero-order valence-electron chi connectivity index (χ0n) is 29.1. The van der Waals surface area contributed by atoms with Gasteiger partial charge in [0.15, 0.2) is 12.6 Å². The largest absolute Gasteiger partial charge is 0.394 e. The molecule has 0 aromatic carbocycles. The molecule has 10 atom stereocenters. The molecule has 3 amide bonds. The Bertz CT molecular complexity index is 1400. The molecule has 298 valence electrons. The van der Waals surface area contributed by atoms with Crippen molar-refractivity contribution in [2.24, 2.45) is 5.11 Å². The molecule has 4 heterocycles. The van der Waals surface area contributed by atoms with Crippen LogP contribution in [0.1, 0.15) is 29.7 Å². The Morgan fingerprint density at radius 3 is 2.40 bits per heavy atom. The molecule has 0 bridgehead atoms. The summed E-state index contributed by atoms with van der Waals surface area (Å²) < 4.78 is 34.8. The lowest BCUT2D eigenvalue weighted by atomic mass is 9.95. The topological polar surface area (TPSA) is 322 Å². The van der Waals surface area contributed by atoms with E-state index in [0.717, 1.165) is 6.92 Å². The molecule has 0 spiro atoms. The lowest BCUT2D eigenvalue weighted by Crippen LogP contribution is -2.67. The third-order valence-electron chi connectivity index (χ3n) is 8.64. The molecule has 2 fully saturated rings. The first-order valence-corrected chi connectivity index (χ1v) is 17.1. The maximum absolute atomic E-state index is 12.5. The number of ether oxygens (including phenoxy) is 6. The maximum Gasteiger partial charge on any atom is 0.271 e. The fourth-order valence-electron chi connectivity index (χ4n) is 5.85. The van der Waals surface area contributed by atoms with Crippen molar-refractivity contribution in [3.63, 3.8) is 0 Å². The second-order valence-corrected chi connectivity index (χ2v) is 12.4. The number of amides is 3. The predicted molar refractivity (Wildman–Crippen MR) is 174 cm³/mol. The van der Waals surface area contributed by atoms with Crippen LogP contribution in [-0.4, -0.2) is 190 Å². The maximum atomic E-state index is 12.5. The van der Waals surface area contributed by atoms with E-state index in [1.54, 1.807) is 11.1 Å². The number of imidazole rings is 1. The number of fused-ring (bicyclic) bond motifs is 1. The third kappa shape index (κ3) is 11.7. The Morgan fingerprint density at radius 2 is 1.70 bits per heavy atom. The standard InChI is InChI=1S/C30H48N8O15/c1-16(40)34-22-24(43)27(18(14-39)51-29(22)47)53-30-26(45)25(44)23(42)19(52-30)15-50-11-10-49-9-8-48-7-4-32-28(46)17-12-37-5-6-38(13-20(37)35-17)21(41)2-3-33-36-31/h12,18-19,22-27,29-30,39,42-45,47H,2-11,13-15H2,1H3,(H,32,46)(H,34,40)/t18-,19-,22-,23-,24-,25+,26+,27-,29?,30+/m1/s1. The molecular formula is C30H48N8O15. The Hall–Kier alpha value is -3.55. The van der Waals surface area contributed by atoms with Gasteiger partial charge in [0, 0.05) is 50.6 Å². The first-order chi connectivity index (χ1) is 25.4. The van der Waals surface area contributed by atoms with Crippen molar-refractivity contribution in [3.8, 4) is 0 Å². The monoisotopic (exact) mass is 760 g/mol. The van der Waals surface area contributed by atoms with Gasteiger partial charge in [0.05, 0.1) is 52.8 Å². The first kappa shape index (κ1) is 42.2. The van der Waals surface area contributed by atoms with Gasteiger partial charge in [0.2, 0.25) is 11.8 Å². The lowest BCUT2D eigenvalue weighted by molar-refractivity contribution is -0.346. The Balaban J connectivity index is 1.09. The summed E-state index contributed by atoms with van der Waals surface area (Å²) in [6, 6.07) is -1.33. The van der Waals surface area contributed by atoms with E-state index in [4.69, 9.17) is 34.0 Å². The van der Waals surface area contributed by atoms with Gasteiger partial charge in [0.25, 0.3) is 5.91 Å². The van der Waals surface area contributed by atoms with Crippen LogP contribution < -0.4 is 10.6 Å². The van der Waals surface area contributed by atoms with Gasteiger partial charge >= 0.3 is 0 Å². The molecule has 3 aliphatic heterocycles. The number of nitrogens with zero attached hydrogens (tertiary/aromatic N) is 6. The van der Waals surface area contributed by atoms with Crippen molar-refractivity contribution >= 4 is 17.7 Å². The Labute approximate surface area is 303 Å². The van der Waals surface area contributed by atoms with Crippen LogP contribution in [0, 0.1) is 0 Å². The van der Waals surface area contributed by atoms with Crippen LogP contribution >= 0.6 is 0 Å². The van der Waals surface area contributed by atoms with Gasteiger partial charge in [-0.05, 0) is 5.53 Å². The number of carbonyl (C=O) groups is 3. The first-order valence-electron chi connectivity index (χ1n) is 17.1. The van der Waals surface area contributed by atoms with E-state index in [-0.39, 0.29) is 83.2 Å². The highest BCUT2D eigenvalue weighted by Gasteiger charge is 2.50. The minimum Gasteiger partial charge on any atom is -0.394 e. The fourth-order valence-corrected chi connectivity index (χ4v) is 5.85. The highest BCUT2D eigenvalue weighted by molar-refractivity contribution is 5.92. The van der Waals surface area contributed by atoms with Crippen molar-refractivity contribution < 1.29 is 73.4 Å². The molecule has 1 aromatic rings. The van der Waals surface area contributed by atoms with E-state index in [9.17, 15) is 45.0 Å². The fraction of sp³-hybridized carbons (Fsp3) is 0.800. The number of aliphatic hydroxyl groups excluding tert-OH is 6. The summed E-state index contributed by atoms with van der Waals surface area (Å²) in [6.45, 7) is 2.51. The van der Waals surface area contributed by atoms with Gasteiger partial charge in [-0.1, -0.05) is 5.11 Å². The number of aliphatic hydroxyl groups is 6. The van der Waals surface area contributed by atoms with Crippen molar-refractivity contribution in [2.75, 3.05) is 65.9 Å². The van der Waals surface area contributed by atoms with E-state index in [1.807, 2.05) is 4.57 Å². The number of nitrogens with one attached hydrogen (secondary N) is 2. The summed E-state index contributed by atoms with van der Waals surface area (Å²) in [5, 5.41) is 70.4. The molecule has 3 aliphatic rings. The van der Waals surface area contributed by atoms with Crippen LogP contribution in [0.2, 0.25) is 0 Å². The molecule has 23 heteroatoms. The second-order valence-electron chi connectivity index (χ2n) is 12.4. The molecule has 0 saturated carbocycles. The molecule has 2 saturated heterocycles. The van der Waals surface area contributed by atoms with E-state index < -0.39 is 73.9 Å². The molecule has 23 nitrogen and oxygen atoms in total. The molecule has 1 aromatic heterocycles. The van der Waals surface area contributed by atoms with Crippen molar-refractivity contribution in [2.45, 2.75) is 87.8 Å². The Kier molecular flexibility index (Phi) is 16.5. The van der Waals surface area contributed by atoms with E-state index >= 15 is 0 Å². The minimum atomic E-state index is -1.78. The molecule has 4 rings (SSSR count). The average Bonchev–Trinajstić information content (AvgIpc) is 3.57. The summed E-state index contributed by atoms with van der Waals surface area (Å²) >= 11 is 0. The van der Waals surface area contributed by atoms with Crippen LogP contribution in [-0.2, 0) is 51.1 Å². The molecule has 0 aliphatic carbocycles. The summed E-state index contributed by atoms with van der Waals surface area (Å²) in [6.07, 6.45) is -12.2. The molecule has 1 unspecified atom stereocenters. The van der Waals surface area contributed by atoms with E-state index in [0.29, 0.717) is 18.9 Å². The van der Waals surface area contributed by atoms with Gasteiger partial charge in [-0.25, -0.2) is 4.98 Å². The number of hydrogen-bond donors (Lipinski definition) is 8. The van der Waals surface area contributed by atoms with E-state index in [1.165, 1.54) is 0 Å². The quantitative estimate of drug-likeness (QED) is 0.0285. The lowest BCUT2D eigenvalue weighted by Gasteiger charge is -2.46. The number of aromatic nitrogens is 2. The summed E-state index contributed by atoms with van der Waals surface area (Å²) in [5.41, 5.74) is 8.59. The zero-order chi connectivity index (χ0) is 38.5. The van der Waals surface area contributed by atoms with Crippen LogP contribution in [0.15, 0.2) is 11.3 Å². The average molecular weight is 761 g/mol. The minimum absolute atomic E-state index is 0.0567. The van der Waals surface area contributed by atoms with Gasteiger partial charge < -0.3 is 79.2 Å². The summed E-state index contributed by atoms with van der Waals surface area (Å²) in [7, 11) is 0. The number of azide groups is 1. The summed E-state index contributed by atoms with van der Waals surface area (Å²) in [4.78, 5) is 44.9. The van der Waals surface area contributed by atoms with Crippen molar-refractivity contribution in [1.29, 1.82) is 0 Å². The highest BCUT2D eigenvalue weighted by Crippen LogP contribution is 2.29. The number of hydrogen-bond acceptors (Lipinski definition) is 17. The number of carbonyl (C=O) groups excluding carboxylic acids is 3. The van der Waals surface area contributed by atoms with Crippen LogP contribution in [0.5, 0.6) is 0 Å². The van der Waals surface area contributed by atoms with Gasteiger partial charge in [-0.15, -0.1) is 0 Å². The molecule has 8 N–H and O–H groups in total. The predicted octanol–water partition coefficient (Wildman–Crippen LogP) is -4.53. The van der Waals surface area contributed by atoms with Crippen molar-refractivity contribution in [1.82, 2.24) is 25.1 Å². The second kappa shape index (κ2) is 20.8. The SMILES string of the molecule is CC(=O)N[C@H]1C(O)O[C@H](CO)[C@@H](O[C@@H]2O[C@H](COCCOCCOCCNC(=O)c3cn4c(n3)CN(C(=O)CCN=[N+]=[N-])CC4)[C@@H](O)[C@H](O)[C@@H]2O)[C@@H]1O.